The van der Waals surface area contributed by atoms with Gasteiger partial charge >= 0.3 is 0 Å². The molecule has 0 aliphatic carbocycles. The fourth-order valence-corrected chi connectivity index (χ4v) is 1.45. The fourth-order valence-electron chi connectivity index (χ4n) is 1.45. The van der Waals surface area contributed by atoms with E-state index in [0.29, 0.717) is 6.04 Å². The first-order valence-corrected chi connectivity index (χ1v) is 3.75. The Morgan fingerprint density at radius 2 is 2.50 bits per heavy atom. The van der Waals surface area contributed by atoms with Crippen molar-refractivity contribution < 1.29 is 0 Å². The van der Waals surface area contributed by atoms with Gasteiger partial charge in [-0.25, -0.2) is 0 Å². The fraction of sp³-hybridized carbons (Fsp3) is 0.500. The highest BCUT2D eigenvalue weighted by atomic mass is 14.9. The molecule has 2 heteroatoms. The Morgan fingerprint density at radius 3 is 3.40 bits per heavy atom. The van der Waals surface area contributed by atoms with Gasteiger partial charge in [0.2, 0.25) is 0 Å². The van der Waals surface area contributed by atoms with E-state index in [2.05, 4.69) is 23.3 Å². The Labute approximate surface area is 60.6 Å². The van der Waals surface area contributed by atoms with Gasteiger partial charge in [-0.1, -0.05) is 0 Å². The van der Waals surface area contributed by atoms with Crippen LogP contribution in [0.1, 0.15) is 18.2 Å². The molecule has 1 aromatic rings. The van der Waals surface area contributed by atoms with Gasteiger partial charge in [0.1, 0.15) is 0 Å². The van der Waals surface area contributed by atoms with Crippen LogP contribution in [0.15, 0.2) is 12.3 Å². The van der Waals surface area contributed by atoms with Crippen molar-refractivity contribution in [1.82, 2.24) is 10.3 Å². The lowest BCUT2D eigenvalue weighted by atomic mass is 10.1. The third-order valence-electron chi connectivity index (χ3n) is 2.08. The molecule has 0 spiro atoms. The Hall–Kier alpha value is -0.760. The average Bonchev–Trinajstić information content (AvgIpc) is 2.33. The van der Waals surface area contributed by atoms with E-state index in [1.54, 1.807) is 0 Å². The summed E-state index contributed by atoms with van der Waals surface area (Å²) in [6.45, 7) is 3.24. The summed E-state index contributed by atoms with van der Waals surface area (Å²) in [6, 6.07) is 2.78. The highest BCUT2D eigenvalue weighted by Gasteiger charge is 2.13. The van der Waals surface area contributed by atoms with E-state index < -0.39 is 0 Å². The monoisotopic (exact) mass is 136 g/mol. The molecule has 0 saturated heterocycles. The first-order valence-electron chi connectivity index (χ1n) is 3.75. The summed E-state index contributed by atoms with van der Waals surface area (Å²) in [5, 5.41) is 3.40. The zero-order valence-corrected chi connectivity index (χ0v) is 6.15. The van der Waals surface area contributed by atoms with Gasteiger partial charge in [-0.2, -0.15) is 0 Å². The van der Waals surface area contributed by atoms with Gasteiger partial charge in [0.05, 0.1) is 0 Å². The zero-order chi connectivity index (χ0) is 6.97. The molecule has 1 unspecified atom stereocenters. The number of hydrogen-bond donors (Lipinski definition) is 2. The van der Waals surface area contributed by atoms with Crippen molar-refractivity contribution in [1.29, 1.82) is 0 Å². The number of nitrogens with one attached hydrogen (secondary N) is 2. The van der Waals surface area contributed by atoms with Crippen molar-refractivity contribution in [2.75, 3.05) is 0 Å². The predicted octanol–water partition coefficient (Wildman–Crippen LogP) is 1.05. The molecule has 1 aliphatic heterocycles. The maximum absolute atomic E-state index is 3.40. The zero-order valence-electron chi connectivity index (χ0n) is 6.15. The van der Waals surface area contributed by atoms with E-state index in [-0.39, 0.29) is 0 Å². The second-order valence-electron chi connectivity index (χ2n) is 2.97. The number of hydrogen-bond acceptors (Lipinski definition) is 1. The first-order chi connectivity index (χ1) is 4.86. The van der Waals surface area contributed by atoms with Crippen molar-refractivity contribution >= 4 is 0 Å². The molecule has 0 amide bonds. The van der Waals surface area contributed by atoms with Crippen LogP contribution in [0, 0.1) is 0 Å². The van der Waals surface area contributed by atoms with Crippen LogP contribution >= 0.6 is 0 Å². The summed E-state index contributed by atoms with van der Waals surface area (Å²) in [4.78, 5) is 3.25. The van der Waals surface area contributed by atoms with Gasteiger partial charge in [-0.3, -0.25) is 0 Å². The van der Waals surface area contributed by atoms with E-state index in [9.17, 15) is 0 Å². The quantitative estimate of drug-likeness (QED) is 0.548. The Kier molecular flexibility index (Phi) is 1.27. The third-order valence-corrected chi connectivity index (χ3v) is 2.08. The number of aromatic amines is 1. The summed E-state index contributed by atoms with van der Waals surface area (Å²) in [5.74, 6) is 0. The van der Waals surface area contributed by atoms with Crippen molar-refractivity contribution in [2.24, 2.45) is 0 Å². The van der Waals surface area contributed by atoms with Crippen molar-refractivity contribution in [3.8, 4) is 0 Å². The van der Waals surface area contributed by atoms with Gasteiger partial charge in [-0.15, -0.1) is 0 Å². The van der Waals surface area contributed by atoms with Crippen molar-refractivity contribution in [2.45, 2.75) is 25.9 Å². The van der Waals surface area contributed by atoms with Crippen LogP contribution in [0.25, 0.3) is 0 Å². The van der Waals surface area contributed by atoms with Gasteiger partial charge in [0, 0.05) is 30.9 Å². The minimum Gasteiger partial charge on any atom is -0.365 e. The van der Waals surface area contributed by atoms with Gasteiger partial charge in [-0.05, 0) is 18.6 Å². The van der Waals surface area contributed by atoms with Gasteiger partial charge in [0.25, 0.3) is 0 Å². The molecule has 0 aromatic carbocycles. The van der Waals surface area contributed by atoms with Gasteiger partial charge in [0.15, 0.2) is 0 Å². The molecule has 0 fully saturated rings. The number of fused-ring (bicyclic) bond motifs is 1. The molecule has 10 heavy (non-hydrogen) atoms. The molecule has 54 valence electrons. The minimum atomic E-state index is 0.631. The van der Waals surface area contributed by atoms with Crippen LogP contribution in [-0.2, 0) is 13.0 Å². The van der Waals surface area contributed by atoms with E-state index in [1.165, 1.54) is 11.3 Å². The van der Waals surface area contributed by atoms with Crippen LogP contribution in [0.2, 0.25) is 0 Å². The second kappa shape index (κ2) is 2.13. The van der Waals surface area contributed by atoms with Gasteiger partial charge < -0.3 is 10.3 Å². The lowest BCUT2D eigenvalue weighted by Crippen LogP contribution is -2.32. The molecule has 2 heterocycles. The Morgan fingerprint density at radius 1 is 1.60 bits per heavy atom. The topological polar surface area (TPSA) is 27.8 Å². The van der Waals surface area contributed by atoms with E-state index in [1.807, 2.05) is 6.20 Å². The number of H-pyrrole nitrogens is 1. The molecule has 0 radical (unpaired) electrons. The summed E-state index contributed by atoms with van der Waals surface area (Å²) in [6.07, 6.45) is 3.16. The highest BCUT2D eigenvalue weighted by molar-refractivity contribution is 5.23. The first kappa shape index (κ1) is 5.98. The molecule has 1 aromatic heterocycles. The van der Waals surface area contributed by atoms with E-state index in [4.69, 9.17) is 0 Å². The minimum absolute atomic E-state index is 0.631. The SMILES string of the molecule is CC1Cc2[nH]ccc2CN1. The molecular formula is C8H12N2. The van der Waals surface area contributed by atoms with E-state index >= 15 is 0 Å². The predicted molar refractivity (Wildman–Crippen MR) is 40.8 cm³/mol. The smallest absolute Gasteiger partial charge is 0.0225 e. The summed E-state index contributed by atoms with van der Waals surface area (Å²) < 4.78 is 0. The molecular weight excluding hydrogens is 124 g/mol. The number of rotatable bonds is 0. The Bertz CT molecular complexity index is 227. The highest BCUT2D eigenvalue weighted by Crippen LogP contribution is 2.13. The van der Waals surface area contributed by atoms with E-state index in [0.717, 1.165) is 13.0 Å². The van der Waals surface area contributed by atoms with Crippen molar-refractivity contribution in [3.05, 3.63) is 23.5 Å². The molecule has 0 saturated carbocycles. The summed E-state index contributed by atoms with van der Waals surface area (Å²) in [5.41, 5.74) is 2.84. The summed E-state index contributed by atoms with van der Waals surface area (Å²) in [7, 11) is 0. The largest absolute Gasteiger partial charge is 0.365 e. The normalized spacial score (nSPS) is 24.3. The summed E-state index contributed by atoms with van der Waals surface area (Å²) >= 11 is 0. The number of aromatic nitrogens is 1. The standard InChI is InChI=1S/C8H12N2/c1-6-4-8-7(5-10-6)2-3-9-8/h2-3,6,9-10H,4-5H2,1H3. The molecule has 2 nitrogen and oxygen atoms in total. The Balaban J connectivity index is 2.30. The maximum atomic E-state index is 3.40. The van der Waals surface area contributed by atoms with Crippen LogP contribution in [-0.4, -0.2) is 11.0 Å². The molecule has 0 bridgehead atoms. The average molecular weight is 136 g/mol. The molecule has 2 rings (SSSR count). The third kappa shape index (κ3) is 0.847. The molecule has 2 N–H and O–H groups in total. The lowest BCUT2D eigenvalue weighted by molar-refractivity contribution is 0.509. The molecule has 1 aliphatic rings. The lowest BCUT2D eigenvalue weighted by Gasteiger charge is -2.19. The second-order valence-corrected chi connectivity index (χ2v) is 2.97. The maximum Gasteiger partial charge on any atom is 0.0225 e. The molecule has 1 atom stereocenters. The van der Waals surface area contributed by atoms with Crippen LogP contribution in [0.4, 0.5) is 0 Å². The van der Waals surface area contributed by atoms with Crippen LogP contribution < -0.4 is 5.32 Å². The van der Waals surface area contributed by atoms with Crippen molar-refractivity contribution in [3.63, 3.8) is 0 Å². The van der Waals surface area contributed by atoms with Crippen LogP contribution in [0.5, 0.6) is 0 Å². The van der Waals surface area contributed by atoms with Crippen LogP contribution in [0.3, 0.4) is 0 Å².